The van der Waals surface area contributed by atoms with Gasteiger partial charge in [0, 0.05) is 42.3 Å². The summed E-state index contributed by atoms with van der Waals surface area (Å²) in [5.41, 5.74) is -2.99. The molecule has 8 atom stereocenters. The predicted octanol–water partition coefficient (Wildman–Crippen LogP) is 0.0258. The number of aromatic amines is 2. The highest BCUT2D eigenvalue weighted by Gasteiger charge is 2.51. The van der Waals surface area contributed by atoms with Crippen molar-refractivity contribution in [2.75, 3.05) is 19.5 Å². The second-order valence-electron chi connectivity index (χ2n) is 12.0. The van der Waals surface area contributed by atoms with Crippen LogP contribution in [0.1, 0.15) is 37.4 Å². The van der Waals surface area contributed by atoms with Crippen LogP contribution in [0.5, 0.6) is 5.75 Å². The van der Waals surface area contributed by atoms with E-state index in [2.05, 4.69) is 9.97 Å². The van der Waals surface area contributed by atoms with Crippen molar-refractivity contribution in [2.24, 2.45) is 0 Å². The maximum Gasteiger partial charge on any atom is 0.530 e. The van der Waals surface area contributed by atoms with Gasteiger partial charge in [0.05, 0.1) is 13.2 Å². The molecule has 2 aliphatic rings. The van der Waals surface area contributed by atoms with E-state index >= 15 is 0 Å². The number of nitrogens with zero attached hydrogens (tertiary/aromatic N) is 2. The Balaban J connectivity index is 1.42. The van der Waals surface area contributed by atoms with Gasteiger partial charge in [-0.05, 0) is 44.4 Å². The van der Waals surface area contributed by atoms with Crippen LogP contribution in [0.2, 0.25) is 0 Å². The van der Waals surface area contributed by atoms with E-state index in [0.717, 1.165) is 40.3 Å². The number of aliphatic hydroxyl groups excluding tert-OH is 2. The number of esters is 2. The van der Waals surface area contributed by atoms with Crippen molar-refractivity contribution in [3.63, 3.8) is 0 Å². The highest BCUT2D eigenvalue weighted by Crippen LogP contribution is 2.51. The van der Waals surface area contributed by atoms with Gasteiger partial charge in [-0.3, -0.25) is 47.3 Å². The molecule has 2 saturated heterocycles. The standard InChI is InChI=1S/C31H37N4O16PS/c1-14-10-34(30(42)32-26(14)40)28-22(38)24(47-16(3)36)20(49-28)12-45-52(44,51-18-6-8-19(53-5)9-7-18)46-13-21-25(48-17(4)37)23(39)29(50-21)35-11-15(2)27(41)33-31(35)43/h6-11,20-25,28-29,38-39H,12-13H2,1-5H3,(H,32,40,42)(H,33,41,43). The first-order chi connectivity index (χ1) is 25.0. The molecule has 4 heterocycles. The third kappa shape index (κ3) is 9.07. The summed E-state index contributed by atoms with van der Waals surface area (Å²) in [4.78, 5) is 78.1. The zero-order valence-corrected chi connectivity index (χ0v) is 30.6. The number of carbonyl (C=O) groups excluding carboxylic acids is 2. The molecule has 20 nitrogen and oxygen atoms in total. The van der Waals surface area contributed by atoms with E-state index in [-0.39, 0.29) is 16.9 Å². The van der Waals surface area contributed by atoms with Crippen LogP contribution in [0.15, 0.2) is 60.7 Å². The summed E-state index contributed by atoms with van der Waals surface area (Å²) in [6, 6.07) is 6.27. The van der Waals surface area contributed by atoms with Crippen molar-refractivity contribution >= 4 is 31.5 Å². The lowest BCUT2D eigenvalue weighted by Gasteiger charge is -2.25. The molecule has 0 saturated carbocycles. The molecule has 2 fully saturated rings. The number of H-pyrrole nitrogens is 2. The summed E-state index contributed by atoms with van der Waals surface area (Å²) in [6.07, 6.45) is -7.96. The first-order valence-corrected chi connectivity index (χ1v) is 18.6. The predicted molar refractivity (Wildman–Crippen MR) is 181 cm³/mol. The van der Waals surface area contributed by atoms with Gasteiger partial charge in [-0.25, -0.2) is 14.2 Å². The number of phosphoric ester groups is 1. The minimum absolute atomic E-state index is 0.0141. The number of aromatic nitrogens is 4. The molecule has 2 aromatic heterocycles. The zero-order valence-electron chi connectivity index (χ0n) is 28.9. The Morgan fingerprint density at radius 2 is 1.21 bits per heavy atom. The minimum atomic E-state index is -4.80. The van der Waals surface area contributed by atoms with Crippen molar-refractivity contribution in [3.8, 4) is 5.75 Å². The zero-order chi connectivity index (χ0) is 38.8. The fourth-order valence-electron chi connectivity index (χ4n) is 5.58. The van der Waals surface area contributed by atoms with Crippen molar-refractivity contribution in [2.45, 2.75) is 81.7 Å². The van der Waals surface area contributed by atoms with Crippen molar-refractivity contribution in [3.05, 3.63) is 89.5 Å². The van der Waals surface area contributed by atoms with Gasteiger partial charge in [-0.15, -0.1) is 11.8 Å². The van der Waals surface area contributed by atoms with Gasteiger partial charge in [0.25, 0.3) is 11.1 Å². The molecule has 2 aliphatic heterocycles. The number of aliphatic hydroxyl groups is 2. The number of nitrogens with one attached hydrogen (secondary N) is 2. The van der Waals surface area contributed by atoms with Gasteiger partial charge in [0.15, 0.2) is 24.7 Å². The average molecular weight is 785 g/mol. The van der Waals surface area contributed by atoms with Gasteiger partial charge >= 0.3 is 31.1 Å². The molecule has 5 rings (SSSR count). The molecule has 0 radical (unpaired) electrons. The quantitative estimate of drug-likeness (QED) is 0.101. The lowest BCUT2D eigenvalue weighted by molar-refractivity contribution is -0.154. The molecular weight excluding hydrogens is 747 g/mol. The topological polar surface area (TPSA) is 266 Å². The molecule has 3 aromatic rings. The molecule has 0 bridgehead atoms. The third-order valence-electron chi connectivity index (χ3n) is 8.13. The van der Waals surface area contributed by atoms with Crippen LogP contribution in [0, 0.1) is 13.8 Å². The molecule has 4 N–H and O–H groups in total. The van der Waals surface area contributed by atoms with Crippen molar-refractivity contribution in [1.29, 1.82) is 0 Å². The van der Waals surface area contributed by atoms with E-state index in [1.807, 2.05) is 6.26 Å². The Morgan fingerprint density at radius 1 is 0.792 bits per heavy atom. The summed E-state index contributed by atoms with van der Waals surface area (Å²) >= 11 is 1.42. The van der Waals surface area contributed by atoms with Crippen LogP contribution in [-0.4, -0.2) is 97.3 Å². The van der Waals surface area contributed by atoms with Crippen LogP contribution in [0.4, 0.5) is 0 Å². The van der Waals surface area contributed by atoms with E-state index in [9.17, 15) is 43.5 Å². The van der Waals surface area contributed by atoms with Crippen LogP contribution < -0.4 is 27.0 Å². The van der Waals surface area contributed by atoms with E-state index in [1.54, 1.807) is 12.1 Å². The van der Waals surface area contributed by atoms with E-state index < -0.39 is 105 Å². The first kappa shape index (κ1) is 39.9. The smallest absolute Gasteiger partial charge is 0.457 e. The first-order valence-electron chi connectivity index (χ1n) is 15.9. The summed E-state index contributed by atoms with van der Waals surface area (Å²) in [5, 5.41) is 22.2. The Morgan fingerprint density at radius 3 is 1.58 bits per heavy atom. The van der Waals surface area contributed by atoms with Gasteiger partial charge in [0.1, 0.15) is 30.2 Å². The molecule has 0 aliphatic carbocycles. The maximum absolute atomic E-state index is 14.3. The number of hydrogen-bond donors (Lipinski definition) is 4. The SMILES string of the molecule is CSc1ccc(OP(=O)(OCC2OC(n3cc(C)c(=O)[nH]c3=O)C(O)C2OC(C)=O)OCC2OC(n3cc(C)c(=O)[nH]c3=O)C(O)C2OC(C)=O)cc1. The number of ether oxygens (including phenoxy) is 4. The maximum atomic E-state index is 14.3. The molecule has 8 unspecified atom stereocenters. The minimum Gasteiger partial charge on any atom is -0.457 e. The van der Waals surface area contributed by atoms with E-state index in [1.165, 1.54) is 37.7 Å². The molecular formula is C31H37N4O16PS. The van der Waals surface area contributed by atoms with Gasteiger partial charge in [0.2, 0.25) is 0 Å². The number of hydrogen-bond acceptors (Lipinski definition) is 17. The number of rotatable bonds is 13. The molecule has 1 aromatic carbocycles. The van der Waals surface area contributed by atoms with Gasteiger partial charge in [-0.2, -0.15) is 0 Å². The normalized spacial score (nSPS) is 26.5. The van der Waals surface area contributed by atoms with Crippen molar-refractivity contribution < 1.29 is 56.9 Å². The number of aryl methyl sites for hydroxylation is 2. The average Bonchev–Trinajstić information content (AvgIpc) is 3.56. The Hall–Kier alpha value is -4.34. The number of carbonyl (C=O) groups is 2. The summed E-state index contributed by atoms with van der Waals surface area (Å²) in [5.74, 6) is -1.66. The molecule has 288 valence electrons. The highest BCUT2D eigenvalue weighted by molar-refractivity contribution is 7.98. The van der Waals surface area contributed by atoms with Crippen LogP contribution >= 0.6 is 19.6 Å². The van der Waals surface area contributed by atoms with Crippen LogP contribution in [0.25, 0.3) is 0 Å². The number of benzene rings is 1. The van der Waals surface area contributed by atoms with Crippen LogP contribution in [-0.2, 0) is 42.1 Å². The fraction of sp³-hybridized carbons (Fsp3) is 0.484. The molecule has 0 spiro atoms. The molecule has 53 heavy (non-hydrogen) atoms. The number of thioether (sulfide) groups is 1. The van der Waals surface area contributed by atoms with Crippen molar-refractivity contribution in [1.82, 2.24) is 19.1 Å². The molecule has 22 heteroatoms. The summed E-state index contributed by atoms with van der Waals surface area (Å²) in [6.45, 7) is 3.48. The Kier molecular flexibility index (Phi) is 12.3. The van der Waals surface area contributed by atoms with Crippen LogP contribution in [0.3, 0.4) is 0 Å². The molecule has 0 amide bonds. The Bertz CT molecular complexity index is 1990. The summed E-state index contributed by atoms with van der Waals surface area (Å²) < 4.78 is 55.4. The number of phosphoric acid groups is 1. The monoisotopic (exact) mass is 784 g/mol. The fourth-order valence-corrected chi connectivity index (χ4v) is 7.20. The largest absolute Gasteiger partial charge is 0.530 e. The summed E-state index contributed by atoms with van der Waals surface area (Å²) in [7, 11) is -4.80. The van der Waals surface area contributed by atoms with Gasteiger partial charge < -0.3 is 33.7 Å². The lowest BCUT2D eigenvalue weighted by Crippen LogP contribution is -2.40. The second kappa shape index (κ2) is 16.4. The lowest BCUT2D eigenvalue weighted by atomic mass is 10.1. The van der Waals surface area contributed by atoms with E-state index in [4.69, 9.17) is 32.5 Å². The van der Waals surface area contributed by atoms with Gasteiger partial charge in [-0.1, -0.05) is 0 Å². The highest BCUT2D eigenvalue weighted by atomic mass is 32.2. The second-order valence-corrected chi connectivity index (χ2v) is 14.5. The third-order valence-corrected chi connectivity index (χ3v) is 10.2. The van der Waals surface area contributed by atoms with E-state index in [0.29, 0.717) is 0 Å². The Labute approximate surface area is 303 Å².